The van der Waals surface area contributed by atoms with E-state index in [4.69, 9.17) is 0 Å². The molecule has 2 nitrogen and oxygen atoms in total. The van der Waals surface area contributed by atoms with Crippen molar-refractivity contribution in [3.63, 3.8) is 0 Å². The summed E-state index contributed by atoms with van der Waals surface area (Å²) in [4.78, 5) is 23.2. The molecular weight excluding hydrogens is 176 g/mol. The van der Waals surface area contributed by atoms with Gasteiger partial charge in [0, 0.05) is 24.0 Å². The van der Waals surface area contributed by atoms with Crippen LogP contribution in [0, 0.1) is 0 Å². The molecule has 0 atom stereocenters. The van der Waals surface area contributed by atoms with Crippen molar-refractivity contribution in [1.82, 2.24) is 0 Å². The second kappa shape index (κ2) is 3.37. The molecule has 0 saturated carbocycles. The zero-order chi connectivity index (χ0) is 10.1. The Kier molecular flexibility index (Phi) is 2.20. The van der Waals surface area contributed by atoms with E-state index in [1.165, 1.54) is 0 Å². The third-order valence-electron chi connectivity index (χ3n) is 2.69. The Morgan fingerprint density at radius 2 is 1.86 bits per heavy atom. The average Bonchev–Trinajstić information content (AvgIpc) is 2.23. The second-order valence-electron chi connectivity index (χ2n) is 3.54. The minimum absolute atomic E-state index is 0.106. The SMILES string of the molecule is CCc1cccc2c1C(=O)CCC2=O. The number of fused-ring (bicyclic) bond motifs is 1. The molecule has 1 aromatic rings. The van der Waals surface area contributed by atoms with Crippen LogP contribution in [0.1, 0.15) is 46.0 Å². The van der Waals surface area contributed by atoms with Gasteiger partial charge in [-0.1, -0.05) is 25.1 Å². The monoisotopic (exact) mass is 188 g/mol. The normalized spacial score (nSPS) is 15.5. The molecule has 0 radical (unpaired) electrons. The van der Waals surface area contributed by atoms with Gasteiger partial charge in [-0.3, -0.25) is 9.59 Å². The van der Waals surface area contributed by atoms with Crippen molar-refractivity contribution in [2.45, 2.75) is 26.2 Å². The third kappa shape index (κ3) is 1.27. The average molecular weight is 188 g/mol. The smallest absolute Gasteiger partial charge is 0.164 e. The lowest BCUT2D eigenvalue weighted by atomic mass is 9.86. The number of carbonyl (C=O) groups is 2. The van der Waals surface area contributed by atoms with Crippen LogP contribution in [0.4, 0.5) is 0 Å². The summed E-state index contributed by atoms with van der Waals surface area (Å²) in [6.07, 6.45) is 1.56. The molecule has 0 saturated heterocycles. The molecule has 0 amide bonds. The van der Waals surface area contributed by atoms with Crippen molar-refractivity contribution in [2.24, 2.45) is 0 Å². The highest BCUT2D eigenvalue weighted by Gasteiger charge is 2.24. The van der Waals surface area contributed by atoms with Crippen molar-refractivity contribution in [3.8, 4) is 0 Å². The van der Waals surface area contributed by atoms with Crippen LogP contribution < -0.4 is 0 Å². The highest BCUT2D eigenvalue weighted by Crippen LogP contribution is 2.24. The summed E-state index contributed by atoms with van der Waals surface area (Å²) in [5, 5.41) is 0. The number of hydrogen-bond donors (Lipinski definition) is 0. The van der Waals surface area contributed by atoms with Gasteiger partial charge < -0.3 is 0 Å². The molecule has 0 N–H and O–H groups in total. The van der Waals surface area contributed by atoms with Gasteiger partial charge in [-0.15, -0.1) is 0 Å². The first-order valence-electron chi connectivity index (χ1n) is 4.92. The lowest BCUT2D eigenvalue weighted by molar-refractivity contribution is 0.0889. The van der Waals surface area contributed by atoms with E-state index < -0.39 is 0 Å². The standard InChI is InChI=1S/C12H12O2/c1-2-8-4-3-5-9-10(13)6-7-11(14)12(8)9/h3-5H,2,6-7H2,1H3. The maximum absolute atomic E-state index is 11.7. The maximum Gasteiger partial charge on any atom is 0.164 e. The number of carbonyl (C=O) groups excluding carboxylic acids is 2. The van der Waals surface area contributed by atoms with E-state index in [9.17, 15) is 9.59 Å². The summed E-state index contributed by atoms with van der Waals surface area (Å²) in [5.41, 5.74) is 2.30. The van der Waals surface area contributed by atoms with Gasteiger partial charge >= 0.3 is 0 Å². The molecular formula is C12H12O2. The summed E-state index contributed by atoms with van der Waals surface area (Å²) in [6, 6.07) is 5.54. The lowest BCUT2D eigenvalue weighted by Gasteiger charge is -2.16. The van der Waals surface area contributed by atoms with E-state index in [-0.39, 0.29) is 11.6 Å². The minimum Gasteiger partial charge on any atom is -0.294 e. The number of Topliss-reactive ketones (excluding diaryl/α,β-unsaturated/α-hetero) is 2. The summed E-state index contributed by atoms with van der Waals surface area (Å²) >= 11 is 0. The molecule has 0 aliphatic heterocycles. The molecule has 0 spiro atoms. The number of hydrogen-bond acceptors (Lipinski definition) is 2. The summed E-state index contributed by atoms with van der Waals surface area (Å²) in [5.74, 6) is 0.229. The number of benzene rings is 1. The van der Waals surface area contributed by atoms with Gasteiger partial charge in [-0.05, 0) is 12.0 Å². The quantitative estimate of drug-likeness (QED) is 0.678. The number of ketones is 2. The first-order valence-corrected chi connectivity index (χ1v) is 4.92. The van der Waals surface area contributed by atoms with E-state index in [0.29, 0.717) is 24.0 Å². The molecule has 0 heterocycles. The van der Waals surface area contributed by atoms with Crippen molar-refractivity contribution in [2.75, 3.05) is 0 Å². The minimum atomic E-state index is 0.106. The molecule has 1 aliphatic rings. The molecule has 2 rings (SSSR count). The van der Waals surface area contributed by atoms with E-state index >= 15 is 0 Å². The molecule has 2 heteroatoms. The van der Waals surface area contributed by atoms with Gasteiger partial charge in [0.05, 0.1) is 0 Å². The summed E-state index contributed by atoms with van der Waals surface area (Å²) < 4.78 is 0. The fraction of sp³-hybridized carbons (Fsp3) is 0.333. The largest absolute Gasteiger partial charge is 0.294 e. The zero-order valence-corrected chi connectivity index (χ0v) is 8.17. The van der Waals surface area contributed by atoms with Crippen molar-refractivity contribution >= 4 is 11.6 Å². The number of rotatable bonds is 1. The zero-order valence-electron chi connectivity index (χ0n) is 8.17. The molecule has 0 unspecified atom stereocenters. The highest BCUT2D eigenvalue weighted by atomic mass is 16.1. The van der Waals surface area contributed by atoms with Gasteiger partial charge in [0.15, 0.2) is 11.6 Å². The molecule has 1 aliphatic carbocycles. The molecule has 72 valence electrons. The van der Waals surface area contributed by atoms with Crippen LogP contribution >= 0.6 is 0 Å². The molecule has 0 aromatic heterocycles. The van der Waals surface area contributed by atoms with Crippen LogP contribution in [-0.2, 0) is 6.42 Å². The lowest BCUT2D eigenvalue weighted by Crippen LogP contribution is -2.18. The van der Waals surface area contributed by atoms with Gasteiger partial charge in [-0.2, -0.15) is 0 Å². The Labute approximate surface area is 82.9 Å². The van der Waals surface area contributed by atoms with Crippen LogP contribution in [-0.4, -0.2) is 11.6 Å². The van der Waals surface area contributed by atoms with Gasteiger partial charge in [0.25, 0.3) is 0 Å². The van der Waals surface area contributed by atoms with Crippen LogP contribution in [0.3, 0.4) is 0 Å². The summed E-state index contributed by atoms with van der Waals surface area (Å²) in [6.45, 7) is 2.00. The predicted molar refractivity (Wildman–Crippen MR) is 53.7 cm³/mol. The first-order chi connectivity index (χ1) is 6.74. The summed E-state index contributed by atoms with van der Waals surface area (Å²) in [7, 11) is 0. The van der Waals surface area contributed by atoms with E-state index in [0.717, 1.165) is 12.0 Å². The Hall–Kier alpha value is -1.44. The van der Waals surface area contributed by atoms with Crippen molar-refractivity contribution in [1.29, 1.82) is 0 Å². The molecule has 0 fully saturated rings. The van der Waals surface area contributed by atoms with Crippen LogP contribution in [0.15, 0.2) is 18.2 Å². The van der Waals surface area contributed by atoms with Gasteiger partial charge in [-0.25, -0.2) is 0 Å². The van der Waals surface area contributed by atoms with E-state index in [1.807, 2.05) is 19.1 Å². The third-order valence-corrected chi connectivity index (χ3v) is 2.69. The maximum atomic E-state index is 11.7. The Bertz CT molecular complexity index is 405. The van der Waals surface area contributed by atoms with E-state index in [2.05, 4.69) is 0 Å². The fourth-order valence-corrected chi connectivity index (χ4v) is 1.94. The Balaban J connectivity index is 2.66. The topological polar surface area (TPSA) is 34.1 Å². The van der Waals surface area contributed by atoms with Crippen molar-refractivity contribution in [3.05, 3.63) is 34.9 Å². The Morgan fingerprint density at radius 1 is 1.14 bits per heavy atom. The highest BCUT2D eigenvalue weighted by molar-refractivity contribution is 6.14. The van der Waals surface area contributed by atoms with Crippen LogP contribution in [0.5, 0.6) is 0 Å². The molecule has 1 aromatic carbocycles. The van der Waals surface area contributed by atoms with Crippen LogP contribution in [0.2, 0.25) is 0 Å². The number of aryl methyl sites for hydroxylation is 1. The van der Waals surface area contributed by atoms with Crippen LogP contribution in [0.25, 0.3) is 0 Å². The van der Waals surface area contributed by atoms with Crippen molar-refractivity contribution < 1.29 is 9.59 Å². The van der Waals surface area contributed by atoms with Gasteiger partial charge in [0.1, 0.15) is 0 Å². The predicted octanol–water partition coefficient (Wildman–Crippen LogP) is 2.41. The van der Waals surface area contributed by atoms with Gasteiger partial charge in [0.2, 0.25) is 0 Å². The second-order valence-corrected chi connectivity index (χ2v) is 3.54. The fourth-order valence-electron chi connectivity index (χ4n) is 1.94. The first kappa shape index (κ1) is 9.13. The van der Waals surface area contributed by atoms with E-state index in [1.54, 1.807) is 6.07 Å². The molecule has 0 bridgehead atoms. The molecule has 14 heavy (non-hydrogen) atoms. The Morgan fingerprint density at radius 3 is 2.57 bits per heavy atom.